The zero-order chi connectivity index (χ0) is 19.0. The predicted molar refractivity (Wildman–Crippen MR) is 102 cm³/mol. The van der Waals surface area contributed by atoms with Crippen LogP contribution < -0.4 is 10.2 Å². The molecule has 0 radical (unpaired) electrons. The van der Waals surface area contributed by atoms with Gasteiger partial charge >= 0.3 is 0 Å². The van der Waals surface area contributed by atoms with Gasteiger partial charge in [-0.15, -0.1) is 0 Å². The van der Waals surface area contributed by atoms with Crippen LogP contribution in [0.1, 0.15) is 23.2 Å². The maximum absolute atomic E-state index is 12.9. The molecule has 2 amide bonds. The highest BCUT2D eigenvalue weighted by Crippen LogP contribution is 2.25. The summed E-state index contributed by atoms with van der Waals surface area (Å²) >= 11 is 0. The van der Waals surface area contributed by atoms with Gasteiger partial charge in [-0.1, -0.05) is 12.1 Å². The Morgan fingerprint density at radius 1 is 1.15 bits per heavy atom. The van der Waals surface area contributed by atoms with Crippen LogP contribution >= 0.6 is 0 Å². The van der Waals surface area contributed by atoms with E-state index in [0.29, 0.717) is 18.7 Å². The number of aromatic nitrogens is 2. The zero-order valence-electron chi connectivity index (χ0n) is 15.6. The molecule has 0 unspecified atom stereocenters. The number of fused-ring (bicyclic) bond motifs is 4. The van der Waals surface area contributed by atoms with Crippen LogP contribution in [0, 0.1) is 5.92 Å². The number of amides is 2. The Bertz CT molecular complexity index is 865. The molecule has 0 spiro atoms. The van der Waals surface area contributed by atoms with Crippen molar-refractivity contribution in [3.63, 3.8) is 0 Å². The van der Waals surface area contributed by atoms with Gasteiger partial charge in [-0.25, -0.2) is 4.98 Å². The van der Waals surface area contributed by atoms with Crippen LogP contribution in [0.15, 0.2) is 36.7 Å². The largest absolute Gasteiger partial charge is 0.361 e. The zero-order valence-corrected chi connectivity index (χ0v) is 15.6. The molecular formula is C20H23N5O2. The first-order chi connectivity index (χ1) is 13.0. The fraction of sp³-hybridized carbons (Fsp3) is 0.400. The Morgan fingerprint density at radius 3 is 2.63 bits per heavy atom. The van der Waals surface area contributed by atoms with Gasteiger partial charge in [-0.05, 0) is 25.0 Å². The van der Waals surface area contributed by atoms with E-state index in [-0.39, 0.29) is 23.8 Å². The molecule has 3 saturated heterocycles. The molecule has 2 atom stereocenters. The molecule has 1 aromatic carbocycles. The standard InChI is InChI=1S/C20H23N5O2/c1-24(2)18-10-21-9-17(23-18)13-3-5-14(6-4-13)20(27)25-11-15-7-8-16(12-25)22-19(15)26/h3-6,9-10,15-16H,7-8,11-12H2,1-2H3,(H,22,26)/t15-,16+/m1/s1. The predicted octanol–water partition coefficient (Wildman–Crippen LogP) is 1.56. The number of benzene rings is 1. The summed E-state index contributed by atoms with van der Waals surface area (Å²) in [6, 6.07) is 7.51. The summed E-state index contributed by atoms with van der Waals surface area (Å²) in [5.41, 5.74) is 2.31. The van der Waals surface area contributed by atoms with Crippen molar-refractivity contribution in [2.45, 2.75) is 18.9 Å². The van der Waals surface area contributed by atoms with Gasteiger partial charge in [0, 0.05) is 44.4 Å². The normalized spacial score (nSPS) is 21.6. The SMILES string of the molecule is CN(C)c1cncc(-c2ccc(C(=O)N3C[C@@H]4CC[C@H](C3)C(=O)N4)cc2)n1. The molecule has 4 heterocycles. The summed E-state index contributed by atoms with van der Waals surface area (Å²) < 4.78 is 0. The van der Waals surface area contributed by atoms with Gasteiger partial charge in [0.1, 0.15) is 5.82 Å². The first kappa shape index (κ1) is 17.5. The summed E-state index contributed by atoms with van der Waals surface area (Å²) in [4.78, 5) is 37.4. The van der Waals surface area contributed by atoms with Gasteiger partial charge in [0.05, 0.1) is 24.0 Å². The summed E-state index contributed by atoms with van der Waals surface area (Å²) in [5.74, 6) is 0.750. The van der Waals surface area contributed by atoms with E-state index in [4.69, 9.17) is 0 Å². The highest BCUT2D eigenvalue weighted by atomic mass is 16.2. The second-order valence-corrected chi connectivity index (χ2v) is 7.42. The van der Waals surface area contributed by atoms with Gasteiger partial charge < -0.3 is 15.1 Å². The van der Waals surface area contributed by atoms with Crippen LogP contribution in [0.4, 0.5) is 5.82 Å². The monoisotopic (exact) mass is 365 g/mol. The van der Waals surface area contributed by atoms with E-state index in [0.717, 1.165) is 29.9 Å². The van der Waals surface area contributed by atoms with Crippen LogP contribution in [-0.4, -0.2) is 59.9 Å². The molecule has 7 heteroatoms. The highest BCUT2D eigenvalue weighted by molar-refractivity contribution is 5.95. The Kier molecular flexibility index (Phi) is 4.51. The number of hydrogen-bond acceptors (Lipinski definition) is 5. The van der Waals surface area contributed by atoms with Crippen LogP contribution in [-0.2, 0) is 4.79 Å². The number of nitrogens with one attached hydrogen (secondary N) is 1. The molecular weight excluding hydrogens is 342 g/mol. The third-order valence-electron chi connectivity index (χ3n) is 5.26. The first-order valence-electron chi connectivity index (χ1n) is 9.21. The van der Waals surface area contributed by atoms with E-state index in [1.165, 1.54) is 0 Å². The number of hydrogen-bond donors (Lipinski definition) is 1. The van der Waals surface area contributed by atoms with Crippen molar-refractivity contribution in [3.05, 3.63) is 42.2 Å². The lowest BCUT2D eigenvalue weighted by molar-refractivity contribution is -0.126. The third-order valence-corrected chi connectivity index (χ3v) is 5.26. The lowest BCUT2D eigenvalue weighted by Gasteiger charge is -2.23. The van der Waals surface area contributed by atoms with Crippen molar-refractivity contribution >= 4 is 17.6 Å². The molecule has 2 bridgehead atoms. The third kappa shape index (κ3) is 3.49. The van der Waals surface area contributed by atoms with E-state index in [2.05, 4.69) is 15.3 Å². The van der Waals surface area contributed by atoms with Crippen molar-refractivity contribution in [3.8, 4) is 11.3 Å². The molecule has 2 aromatic rings. The molecule has 7 nitrogen and oxygen atoms in total. The van der Waals surface area contributed by atoms with Crippen molar-refractivity contribution < 1.29 is 9.59 Å². The quantitative estimate of drug-likeness (QED) is 0.893. The van der Waals surface area contributed by atoms with E-state index in [1.807, 2.05) is 48.2 Å². The maximum Gasteiger partial charge on any atom is 0.253 e. The van der Waals surface area contributed by atoms with Crippen molar-refractivity contribution in [1.82, 2.24) is 20.2 Å². The number of rotatable bonds is 3. The minimum atomic E-state index is -0.0870. The van der Waals surface area contributed by atoms with E-state index >= 15 is 0 Å². The smallest absolute Gasteiger partial charge is 0.253 e. The molecule has 27 heavy (non-hydrogen) atoms. The Labute approximate surface area is 158 Å². The summed E-state index contributed by atoms with van der Waals surface area (Å²) in [5, 5.41) is 3.01. The lowest BCUT2D eigenvalue weighted by Crippen LogP contribution is -2.43. The van der Waals surface area contributed by atoms with Gasteiger partial charge in [0.25, 0.3) is 5.91 Å². The molecule has 1 aromatic heterocycles. The van der Waals surface area contributed by atoms with E-state index in [9.17, 15) is 9.59 Å². The summed E-state index contributed by atoms with van der Waals surface area (Å²) in [6.45, 7) is 1.08. The molecule has 0 saturated carbocycles. The van der Waals surface area contributed by atoms with Crippen LogP contribution in [0.3, 0.4) is 0 Å². The van der Waals surface area contributed by atoms with E-state index < -0.39 is 0 Å². The first-order valence-corrected chi connectivity index (χ1v) is 9.21. The van der Waals surface area contributed by atoms with Gasteiger partial charge in [0.15, 0.2) is 0 Å². The topological polar surface area (TPSA) is 78.4 Å². The second-order valence-electron chi connectivity index (χ2n) is 7.42. The Hall–Kier alpha value is -2.96. The van der Waals surface area contributed by atoms with Crippen LogP contribution in [0.5, 0.6) is 0 Å². The highest BCUT2D eigenvalue weighted by Gasteiger charge is 2.36. The van der Waals surface area contributed by atoms with Crippen LogP contribution in [0.2, 0.25) is 0 Å². The number of carbonyl (C=O) groups is 2. The van der Waals surface area contributed by atoms with Crippen LogP contribution in [0.25, 0.3) is 11.3 Å². The number of piperidine rings is 1. The summed E-state index contributed by atoms with van der Waals surface area (Å²) in [7, 11) is 3.84. The van der Waals surface area contributed by atoms with E-state index in [1.54, 1.807) is 12.4 Å². The average molecular weight is 365 g/mol. The molecule has 3 fully saturated rings. The average Bonchev–Trinajstić information content (AvgIpc) is 2.99. The molecule has 1 N–H and O–H groups in total. The Balaban J connectivity index is 1.53. The fourth-order valence-electron chi connectivity index (χ4n) is 3.68. The lowest BCUT2D eigenvalue weighted by atomic mass is 9.96. The molecule has 0 aliphatic carbocycles. The van der Waals surface area contributed by atoms with Crippen molar-refractivity contribution in [2.24, 2.45) is 5.92 Å². The Morgan fingerprint density at radius 2 is 1.93 bits per heavy atom. The second kappa shape index (κ2) is 6.98. The molecule has 3 aliphatic rings. The number of nitrogens with zero attached hydrogens (tertiary/aromatic N) is 4. The molecule has 3 aliphatic heterocycles. The fourth-order valence-corrected chi connectivity index (χ4v) is 3.68. The van der Waals surface area contributed by atoms with Crippen molar-refractivity contribution in [2.75, 3.05) is 32.1 Å². The van der Waals surface area contributed by atoms with Gasteiger partial charge in [0.2, 0.25) is 5.91 Å². The minimum Gasteiger partial charge on any atom is -0.361 e. The molecule has 5 rings (SSSR count). The maximum atomic E-state index is 12.9. The van der Waals surface area contributed by atoms with Crippen molar-refractivity contribution in [1.29, 1.82) is 0 Å². The van der Waals surface area contributed by atoms with Gasteiger partial charge in [-0.2, -0.15) is 0 Å². The minimum absolute atomic E-state index is 0.0249. The number of anilines is 1. The molecule has 140 valence electrons. The summed E-state index contributed by atoms with van der Waals surface area (Å²) in [6.07, 6.45) is 5.23. The number of carbonyl (C=O) groups excluding carboxylic acids is 2. The van der Waals surface area contributed by atoms with Gasteiger partial charge in [-0.3, -0.25) is 14.6 Å².